The van der Waals surface area contributed by atoms with E-state index in [0.29, 0.717) is 0 Å². The first-order chi connectivity index (χ1) is 14.4. The van der Waals surface area contributed by atoms with Crippen molar-refractivity contribution in [2.24, 2.45) is 0 Å². The van der Waals surface area contributed by atoms with Crippen molar-refractivity contribution in [3.8, 4) is 11.1 Å². The van der Waals surface area contributed by atoms with Crippen molar-refractivity contribution in [1.29, 1.82) is 0 Å². The van der Waals surface area contributed by atoms with Crippen molar-refractivity contribution in [2.75, 3.05) is 6.61 Å². The van der Waals surface area contributed by atoms with Crippen molar-refractivity contribution in [2.45, 2.75) is 32.2 Å². The van der Waals surface area contributed by atoms with Gasteiger partial charge in [-0.25, -0.2) is 4.79 Å². The van der Waals surface area contributed by atoms with E-state index >= 15 is 0 Å². The molecule has 1 aromatic heterocycles. The summed E-state index contributed by atoms with van der Waals surface area (Å²) in [6, 6.07) is 17.7. The van der Waals surface area contributed by atoms with Crippen molar-refractivity contribution < 1.29 is 19.4 Å². The number of carbonyl (C=O) groups excluding carboxylic acids is 1. The van der Waals surface area contributed by atoms with Gasteiger partial charge in [-0.2, -0.15) is 0 Å². The summed E-state index contributed by atoms with van der Waals surface area (Å²) in [6.45, 7) is 4.08. The minimum absolute atomic E-state index is 0.0354. The van der Waals surface area contributed by atoms with Crippen molar-refractivity contribution >= 4 is 23.4 Å². The highest BCUT2D eigenvalue weighted by Crippen LogP contribution is 2.44. The summed E-state index contributed by atoms with van der Waals surface area (Å²) in [7, 11) is 0. The molecule has 5 nitrogen and oxygen atoms in total. The van der Waals surface area contributed by atoms with E-state index in [1.54, 1.807) is 0 Å². The average molecular weight is 422 g/mol. The predicted molar refractivity (Wildman–Crippen MR) is 117 cm³/mol. The molecule has 0 spiro atoms. The van der Waals surface area contributed by atoms with Gasteiger partial charge in [0.25, 0.3) is 0 Å². The molecule has 1 aliphatic rings. The number of hydrogen-bond acceptors (Lipinski definition) is 4. The second-order valence-corrected chi connectivity index (χ2v) is 8.81. The van der Waals surface area contributed by atoms with Crippen LogP contribution in [-0.2, 0) is 9.53 Å². The molecule has 154 valence electrons. The third-order valence-electron chi connectivity index (χ3n) is 5.41. The highest BCUT2D eigenvalue weighted by atomic mass is 32.1. The first-order valence-electron chi connectivity index (χ1n) is 9.84. The second-order valence-electron chi connectivity index (χ2n) is 7.52. The molecular weight excluding hydrogens is 398 g/mol. The maximum atomic E-state index is 12.6. The molecule has 0 fully saturated rings. The molecule has 2 aromatic carbocycles. The van der Waals surface area contributed by atoms with E-state index < -0.39 is 18.1 Å². The van der Waals surface area contributed by atoms with Gasteiger partial charge in [-0.05, 0) is 47.7 Å². The lowest BCUT2D eigenvalue weighted by atomic mass is 9.98. The minimum atomic E-state index is -0.968. The Morgan fingerprint density at radius 1 is 1.07 bits per heavy atom. The van der Waals surface area contributed by atoms with Gasteiger partial charge in [0.15, 0.2) is 0 Å². The number of hydrogen-bond donors (Lipinski definition) is 2. The van der Waals surface area contributed by atoms with Crippen LogP contribution in [0.25, 0.3) is 11.1 Å². The van der Waals surface area contributed by atoms with E-state index in [2.05, 4.69) is 29.6 Å². The summed E-state index contributed by atoms with van der Waals surface area (Å²) < 4.78 is 5.58. The number of amides is 1. The Morgan fingerprint density at radius 2 is 1.67 bits per heavy atom. The molecule has 6 heteroatoms. The molecule has 1 atom stereocenters. The first kappa shape index (κ1) is 20.2. The number of fused-ring (bicyclic) bond motifs is 3. The van der Waals surface area contributed by atoms with Gasteiger partial charge in [-0.15, -0.1) is 11.3 Å². The Balaban J connectivity index is 1.49. The number of carboxylic acids is 1. The van der Waals surface area contributed by atoms with E-state index in [4.69, 9.17) is 4.74 Å². The molecule has 0 unspecified atom stereocenters. The van der Waals surface area contributed by atoms with E-state index in [0.717, 1.165) is 37.6 Å². The summed E-state index contributed by atoms with van der Waals surface area (Å²) >= 11 is 1.50. The SMILES string of the molecule is Cc1cc(C)c([C@@H](CC(=O)O)NC(=O)OCC2c3ccccc3-c3ccccc32)s1. The molecule has 1 amide bonds. The summed E-state index contributed by atoms with van der Waals surface area (Å²) in [5.41, 5.74) is 5.57. The molecule has 3 aromatic rings. The van der Waals surface area contributed by atoms with Crippen LogP contribution in [0.4, 0.5) is 4.79 Å². The second kappa shape index (κ2) is 8.32. The fourth-order valence-electron chi connectivity index (χ4n) is 4.17. The van der Waals surface area contributed by atoms with Crippen LogP contribution < -0.4 is 5.32 Å². The Bertz CT molecular complexity index is 1060. The third kappa shape index (κ3) is 3.96. The van der Waals surface area contributed by atoms with E-state index in [9.17, 15) is 14.7 Å². The van der Waals surface area contributed by atoms with Crippen LogP contribution in [0.5, 0.6) is 0 Å². The smallest absolute Gasteiger partial charge is 0.407 e. The highest BCUT2D eigenvalue weighted by Gasteiger charge is 2.29. The van der Waals surface area contributed by atoms with Gasteiger partial charge >= 0.3 is 12.1 Å². The maximum absolute atomic E-state index is 12.6. The van der Waals surface area contributed by atoms with Crippen molar-refractivity contribution in [3.05, 3.63) is 81.0 Å². The number of thiophene rings is 1. The Labute approximate surface area is 179 Å². The van der Waals surface area contributed by atoms with Gasteiger partial charge in [0.1, 0.15) is 6.61 Å². The molecule has 0 saturated carbocycles. The van der Waals surface area contributed by atoms with E-state index in [1.165, 1.54) is 11.3 Å². The summed E-state index contributed by atoms with van der Waals surface area (Å²) in [5, 5.41) is 12.0. The van der Waals surface area contributed by atoms with Crippen LogP contribution in [0.2, 0.25) is 0 Å². The van der Waals surface area contributed by atoms with Crippen molar-refractivity contribution in [1.82, 2.24) is 5.32 Å². The summed E-state index contributed by atoms with van der Waals surface area (Å²) in [5.74, 6) is -1.00. The van der Waals surface area contributed by atoms with Gasteiger partial charge in [0.2, 0.25) is 0 Å². The van der Waals surface area contributed by atoms with E-state index in [1.807, 2.05) is 44.2 Å². The largest absolute Gasteiger partial charge is 0.481 e. The number of nitrogens with one attached hydrogen (secondary N) is 1. The van der Waals surface area contributed by atoms with Gasteiger partial charge in [0.05, 0.1) is 12.5 Å². The zero-order valence-electron chi connectivity index (χ0n) is 16.8. The fraction of sp³-hybridized carbons (Fsp3) is 0.250. The van der Waals surface area contributed by atoms with Crippen LogP contribution in [0.1, 0.15) is 44.8 Å². The maximum Gasteiger partial charge on any atom is 0.407 e. The van der Waals surface area contributed by atoms with Gasteiger partial charge < -0.3 is 15.2 Å². The molecule has 1 heterocycles. The lowest BCUT2D eigenvalue weighted by molar-refractivity contribution is -0.137. The normalized spacial score (nSPS) is 13.4. The molecule has 30 heavy (non-hydrogen) atoms. The Morgan fingerprint density at radius 3 is 2.20 bits per heavy atom. The standard InChI is InChI=1S/C24H23NO4S/c1-14-11-15(2)30-23(14)21(12-22(26)27)25-24(28)29-13-20-18-9-5-3-7-16(18)17-8-4-6-10-19(17)20/h3-11,20-21H,12-13H2,1-2H3,(H,25,28)(H,26,27)/t21-/m1/s1. The molecular formula is C24H23NO4S. The lowest BCUT2D eigenvalue weighted by Crippen LogP contribution is -2.31. The number of benzene rings is 2. The zero-order valence-corrected chi connectivity index (χ0v) is 17.7. The first-order valence-corrected chi connectivity index (χ1v) is 10.7. The van der Waals surface area contributed by atoms with E-state index in [-0.39, 0.29) is 18.9 Å². The molecule has 0 saturated heterocycles. The molecule has 2 N–H and O–H groups in total. The van der Waals surface area contributed by atoms with Crippen LogP contribution in [0.15, 0.2) is 54.6 Å². The topological polar surface area (TPSA) is 75.6 Å². The van der Waals surface area contributed by atoms with Gasteiger partial charge in [0, 0.05) is 15.7 Å². The van der Waals surface area contributed by atoms with Gasteiger partial charge in [-0.3, -0.25) is 4.79 Å². The third-order valence-corrected chi connectivity index (χ3v) is 6.68. The molecule has 1 aliphatic carbocycles. The zero-order chi connectivity index (χ0) is 21.3. The lowest BCUT2D eigenvalue weighted by Gasteiger charge is -2.19. The summed E-state index contributed by atoms with van der Waals surface area (Å²) in [4.78, 5) is 25.8. The molecule has 0 radical (unpaired) electrons. The number of ether oxygens (including phenoxy) is 1. The minimum Gasteiger partial charge on any atom is -0.481 e. The average Bonchev–Trinajstić information content (AvgIpc) is 3.22. The Hall–Kier alpha value is -3.12. The molecule has 0 aliphatic heterocycles. The number of alkyl carbamates (subject to hydrolysis) is 1. The number of carbonyl (C=O) groups is 2. The van der Waals surface area contributed by atoms with Crippen LogP contribution in [0, 0.1) is 13.8 Å². The quantitative estimate of drug-likeness (QED) is 0.557. The predicted octanol–water partition coefficient (Wildman–Crippen LogP) is 5.42. The monoisotopic (exact) mass is 421 g/mol. The van der Waals surface area contributed by atoms with Gasteiger partial charge in [-0.1, -0.05) is 48.5 Å². The van der Waals surface area contributed by atoms with Crippen LogP contribution in [-0.4, -0.2) is 23.8 Å². The highest BCUT2D eigenvalue weighted by molar-refractivity contribution is 7.12. The molecule has 0 bridgehead atoms. The van der Waals surface area contributed by atoms with Crippen LogP contribution in [0.3, 0.4) is 0 Å². The number of aliphatic carboxylic acids is 1. The number of rotatable bonds is 6. The van der Waals surface area contributed by atoms with Crippen LogP contribution >= 0.6 is 11.3 Å². The summed E-state index contributed by atoms with van der Waals surface area (Å²) in [6.07, 6.45) is -0.793. The molecule has 4 rings (SSSR count). The Kier molecular flexibility index (Phi) is 5.59. The fourth-order valence-corrected chi connectivity index (χ4v) is 5.26. The number of aryl methyl sites for hydroxylation is 2. The number of carboxylic acid groups (broad SMARTS) is 1. The van der Waals surface area contributed by atoms with Crippen molar-refractivity contribution in [3.63, 3.8) is 0 Å².